The second-order valence-corrected chi connectivity index (χ2v) is 4.14. The van der Waals surface area contributed by atoms with Gasteiger partial charge in [-0.2, -0.15) is 0 Å². The third-order valence-electron chi connectivity index (χ3n) is 2.98. The van der Waals surface area contributed by atoms with Crippen LogP contribution in [0.25, 0.3) is 0 Å². The molecule has 2 rings (SSSR count). The summed E-state index contributed by atoms with van der Waals surface area (Å²) in [5, 5.41) is 22.3. The van der Waals surface area contributed by atoms with Gasteiger partial charge >= 0.3 is 0 Å². The maximum atomic E-state index is 9.84. The van der Waals surface area contributed by atoms with Crippen molar-refractivity contribution >= 4 is 0 Å². The van der Waals surface area contributed by atoms with Crippen molar-refractivity contribution in [3.8, 4) is 5.75 Å². The maximum Gasteiger partial charge on any atom is 0.115 e. The van der Waals surface area contributed by atoms with Gasteiger partial charge in [0.25, 0.3) is 0 Å². The summed E-state index contributed by atoms with van der Waals surface area (Å²) in [7, 11) is 0. The summed E-state index contributed by atoms with van der Waals surface area (Å²) in [6.07, 6.45) is 3.27. The molecule has 0 spiro atoms. The standard InChI is InChI=1S/C12H17NO2/c14-11-6-4-9(5-7-11)12(15)8-13-10-2-1-3-10/h4-7,10,12-15H,1-3,8H2. The Balaban J connectivity index is 1.83. The van der Waals surface area contributed by atoms with E-state index < -0.39 is 6.10 Å². The van der Waals surface area contributed by atoms with Crippen molar-refractivity contribution in [2.24, 2.45) is 0 Å². The van der Waals surface area contributed by atoms with E-state index >= 15 is 0 Å². The molecule has 0 aliphatic heterocycles. The molecule has 0 saturated heterocycles. The van der Waals surface area contributed by atoms with Crippen LogP contribution in [0, 0.1) is 0 Å². The summed E-state index contributed by atoms with van der Waals surface area (Å²) < 4.78 is 0. The van der Waals surface area contributed by atoms with Crippen molar-refractivity contribution < 1.29 is 10.2 Å². The molecule has 3 nitrogen and oxygen atoms in total. The van der Waals surface area contributed by atoms with Gasteiger partial charge in [-0.25, -0.2) is 0 Å². The molecule has 1 atom stereocenters. The van der Waals surface area contributed by atoms with Crippen LogP contribution in [0.15, 0.2) is 24.3 Å². The van der Waals surface area contributed by atoms with Crippen molar-refractivity contribution in [2.45, 2.75) is 31.4 Å². The van der Waals surface area contributed by atoms with E-state index in [0.29, 0.717) is 12.6 Å². The highest BCUT2D eigenvalue weighted by atomic mass is 16.3. The molecule has 1 aliphatic rings. The summed E-state index contributed by atoms with van der Waals surface area (Å²) in [5.41, 5.74) is 0.847. The number of benzene rings is 1. The number of phenolic OH excluding ortho intramolecular Hbond substituents is 1. The number of aliphatic hydroxyl groups excluding tert-OH is 1. The van der Waals surface area contributed by atoms with Crippen LogP contribution in [0.1, 0.15) is 30.9 Å². The van der Waals surface area contributed by atoms with Crippen molar-refractivity contribution in [1.82, 2.24) is 5.32 Å². The fourth-order valence-corrected chi connectivity index (χ4v) is 1.70. The number of aliphatic hydroxyl groups is 1. The van der Waals surface area contributed by atoms with Crippen LogP contribution in [0.5, 0.6) is 5.75 Å². The van der Waals surface area contributed by atoms with Gasteiger partial charge < -0.3 is 15.5 Å². The molecule has 1 unspecified atom stereocenters. The van der Waals surface area contributed by atoms with Crippen LogP contribution < -0.4 is 5.32 Å². The molecule has 1 aromatic carbocycles. The van der Waals surface area contributed by atoms with E-state index in [9.17, 15) is 5.11 Å². The Labute approximate surface area is 89.8 Å². The average molecular weight is 207 g/mol. The van der Waals surface area contributed by atoms with E-state index in [4.69, 9.17) is 5.11 Å². The summed E-state index contributed by atoms with van der Waals surface area (Å²) in [5.74, 6) is 0.234. The highest BCUT2D eigenvalue weighted by molar-refractivity contribution is 5.27. The zero-order chi connectivity index (χ0) is 10.7. The predicted octanol–water partition coefficient (Wildman–Crippen LogP) is 1.57. The minimum absolute atomic E-state index is 0.234. The predicted molar refractivity (Wildman–Crippen MR) is 58.7 cm³/mol. The number of aromatic hydroxyl groups is 1. The molecular weight excluding hydrogens is 190 g/mol. The van der Waals surface area contributed by atoms with Gasteiger partial charge in [0.15, 0.2) is 0 Å². The molecule has 0 amide bonds. The first-order chi connectivity index (χ1) is 7.25. The van der Waals surface area contributed by atoms with Gasteiger partial charge in [-0.1, -0.05) is 18.6 Å². The van der Waals surface area contributed by atoms with E-state index in [1.807, 2.05) is 0 Å². The van der Waals surface area contributed by atoms with Crippen molar-refractivity contribution in [1.29, 1.82) is 0 Å². The molecule has 15 heavy (non-hydrogen) atoms. The molecule has 0 bridgehead atoms. The molecule has 82 valence electrons. The Kier molecular flexibility index (Phi) is 3.23. The van der Waals surface area contributed by atoms with Gasteiger partial charge in [-0.05, 0) is 30.5 Å². The van der Waals surface area contributed by atoms with Gasteiger partial charge in [0.05, 0.1) is 6.10 Å². The Morgan fingerprint density at radius 3 is 2.47 bits per heavy atom. The van der Waals surface area contributed by atoms with Crippen LogP contribution in [0.3, 0.4) is 0 Å². The molecule has 1 fully saturated rings. The number of hydrogen-bond donors (Lipinski definition) is 3. The van der Waals surface area contributed by atoms with Crippen molar-refractivity contribution in [2.75, 3.05) is 6.54 Å². The first-order valence-corrected chi connectivity index (χ1v) is 5.46. The van der Waals surface area contributed by atoms with Crippen molar-refractivity contribution in [3.05, 3.63) is 29.8 Å². The lowest BCUT2D eigenvalue weighted by molar-refractivity contribution is 0.161. The highest BCUT2D eigenvalue weighted by Crippen LogP contribution is 2.20. The number of nitrogens with one attached hydrogen (secondary N) is 1. The smallest absolute Gasteiger partial charge is 0.115 e. The van der Waals surface area contributed by atoms with Crippen LogP contribution in [0.4, 0.5) is 0 Å². The molecule has 0 aromatic heterocycles. The highest BCUT2D eigenvalue weighted by Gasteiger charge is 2.18. The van der Waals surface area contributed by atoms with E-state index in [2.05, 4.69) is 5.32 Å². The minimum atomic E-state index is -0.480. The van der Waals surface area contributed by atoms with Crippen LogP contribution in [0.2, 0.25) is 0 Å². The summed E-state index contributed by atoms with van der Waals surface area (Å²) in [4.78, 5) is 0. The van der Waals surface area contributed by atoms with Gasteiger partial charge in [-0.3, -0.25) is 0 Å². The Morgan fingerprint density at radius 1 is 1.27 bits per heavy atom. The normalized spacial score (nSPS) is 18.5. The monoisotopic (exact) mass is 207 g/mol. The molecule has 3 N–H and O–H groups in total. The van der Waals surface area contributed by atoms with Gasteiger partial charge in [0.2, 0.25) is 0 Å². The number of phenols is 1. The topological polar surface area (TPSA) is 52.5 Å². The van der Waals surface area contributed by atoms with Crippen LogP contribution in [-0.2, 0) is 0 Å². The second-order valence-electron chi connectivity index (χ2n) is 4.14. The lowest BCUT2D eigenvalue weighted by Gasteiger charge is -2.27. The number of rotatable bonds is 4. The zero-order valence-corrected chi connectivity index (χ0v) is 8.69. The second kappa shape index (κ2) is 4.64. The molecule has 1 aromatic rings. The molecule has 1 aliphatic carbocycles. The quantitative estimate of drug-likeness (QED) is 0.702. The van der Waals surface area contributed by atoms with Gasteiger partial charge in [0, 0.05) is 12.6 Å². The first-order valence-electron chi connectivity index (χ1n) is 5.46. The fraction of sp³-hybridized carbons (Fsp3) is 0.500. The lowest BCUT2D eigenvalue weighted by Crippen LogP contribution is -2.37. The summed E-state index contributed by atoms with van der Waals surface area (Å²) in [6.45, 7) is 0.593. The molecule has 0 radical (unpaired) electrons. The molecule has 1 saturated carbocycles. The lowest BCUT2D eigenvalue weighted by atomic mass is 9.93. The van der Waals surface area contributed by atoms with E-state index in [0.717, 1.165) is 5.56 Å². The maximum absolute atomic E-state index is 9.84. The van der Waals surface area contributed by atoms with Crippen LogP contribution >= 0.6 is 0 Å². The fourth-order valence-electron chi connectivity index (χ4n) is 1.70. The SMILES string of the molecule is Oc1ccc(C(O)CNC2CCC2)cc1. The summed E-state index contributed by atoms with van der Waals surface area (Å²) >= 11 is 0. The Morgan fingerprint density at radius 2 is 1.93 bits per heavy atom. The summed E-state index contributed by atoms with van der Waals surface area (Å²) in [6, 6.07) is 7.30. The molecular formula is C12H17NO2. The average Bonchev–Trinajstić information content (AvgIpc) is 2.16. The first kappa shape index (κ1) is 10.5. The Bertz CT molecular complexity index is 306. The third-order valence-corrected chi connectivity index (χ3v) is 2.98. The van der Waals surface area contributed by atoms with E-state index in [-0.39, 0.29) is 5.75 Å². The van der Waals surface area contributed by atoms with Gasteiger partial charge in [0.1, 0.15) is 5.75 Å². The van der Waals surface area contributed by atoms with E-state index in [1.54, 1.807) is 24.3 Å². The van der Waals surface area contributed by atoms with Crippen LogP contribution in [-0.4, -0.2) is 22.8 Å². The third kappa shape index (κ3) is 2.70. The van der Waals surface area contributed by atoms with E-state index in [1.165, 1.54) is 19.3 Å². The minimum Gasteiger partial charge on any atom is -0.508 e. The molecule has 3 heteroatoms. The zero-order valence-electron chi connectivity index (χ0n) is 8.69. The Hall–Kier alpha value is -1.06. The van der Waals surface area contributed by atoms with Crippen molar-refractivity contribution in [3.63, 3.8) is 0 Å². The number of hydrogen-bond acceptors (Lipinski definition) is 3. The largest absolute Gasteiger partial charge is 0.508 e. The van der Waals surface area contributed by atoms with Gasteiger partial charge in [-0.15, -0.1) is 0 Å². The molecule has 0 heterocycles.